The molecular weight excluding hydrogens is 363 g/mol. The third-order valence-corrected chi connectivity index (χ3v) is 3.49. The number of benzene rings is 1. The summed E-state index contributed by atoms with van der Waals surface area (Å²) in [6.07, 6.45) is -3.06. The maximum atomic E-state index is 12.8. The molecule has 2 aromatic rings. The highest BCUT2D eigenvalue weighted by molar-refractivity contribution is 5.86. The van der Waals surface area contributed by atoms with Crippen LogP contribution in [-0.2, 0) is 22.3 Å². The zero-order valence-electron chi connectivity index (χ0n) is 14.6. The predicted molar refractivity (Wildman–Crippen MR) is 90.9 cm³/mol. The number of hydrogen-bond acceptors (Lipinski definition) is 4. The van der Waals surface area contributed by atoms with Gasteiger partial charge in [0.15, 0.2) is 0 Å². The lowest BCUT2D eigenvalue weighted by molar-refractivity contribution is -0.137. The van der Waals surface area contributed by atoms with Gasteiger partial charge in [-0.05, 0) is 31.2 Å². The Hall–Kier alpha value is -3.10. The Bertz CT molecular complexity index is 825. The molecule has 1 atom stereocenters. The minimum atomic E-state index is -4.49. The Morgan fingerprint density at radius 1 is 1.22 bits per heavy atom. The van der Waals surface area contributed by atoms with Gasteiger partial charge in [0, 0.05) is 25.2 Å². The van der Waals surface area contributed by atoms with Gasteiger partial charge in [0.2, 0.25) is 17.7 Å². The molecule has 0 aliphatic rings. The van der Waals surface area contributed by atoms with Crippen LogP contribution in [0.5, 0.6) is 11.6 Å². The van der Waals surface area contributed by atoms with Gasteiger partial charge >= 0.3 is 6.18 Å². The molecule has 0 aliphatic heterocycles. The number of aromatic nitrogens is 1. The second-order valence-electron chi connectivity index (χ2n) is 5.74. The zero-order valence-corrected chi connectivity index (χ0v) is 14.6. The Morgan fingerprint density at radius 2 is 1.96 bits per heavy atom. The Balaban J connectivity index is 2.10. The largest absolute Gasteiger partial charge is 0.439 e. The van der Waals surface area contributed by atoms with E-state index in [0.717, 1.165) is 12.1 Å². The van der Waals surface area contributed by atoms with E-state index in [4.69, 9.17) is 4.74 Å². The maximum Gasteiger partial charge on any atom is 0.416 e. The van der Waals surface area contributed by atoms with Gasteiger partial charge in [0.25, 0.3) is 0 Å². The minimum Gasteiger partial charge on any atom is -0.439 e. The molecule has 0 bridgehead atoms. The molecular formula is C18H18F3N3O3. The Kier molecular flexibility index (Phi) is 6.38. The topological polar surface area (TPSA) is 80.3 Å². The lowest BCUT2D eigenvalue weighted by Gasteiger charge is -2.15. The monoisotopic (exact) mass is 381 g/mol. The van der Waals surface area contributed by atoms with Gasteiger partial charge in [-0.1, -0.05) is 12.1 Å². The van der Waals surface area contributed by atoms with Gasteiger partial charge in [-0.2, -0.15) is 13.2 Å². The summed E-state index contributed by atoms with van der Waals surface area (Å²) >= 11 is 0. The van der Waals surface area contributed by atoms with Crippen molar-refractivity contribution in [1.29, 1.82) is 0 Å². The van der Waals surface area contributed by atoms with E-state index in [1.165, 1.54) is 32.2 Å². The van der Waals surface area contributed by atoms with E-state index in [2.05, 4.69) is 15.6 Å². The molecule has 0 spiro atoms. The standard InChI is InChI=1S/C18H18F3N3O3/c1-11(24-12(2)25)16(26)23-10-13-5-4-8-22-17(13)27-15-7-3-6-14(9-15)18(19,20)21/h3-9,11H,10H2,1-2H3,(H,23,26)(H,24,25). The van der Waals surface area contributed by atoms with Crippen molar-refractivity contribution >= 4 is 11.8 Å². The van der Waals surface area contributed by atoms with Crippen molar-refractivity contribution in [2.45, 2.75) is 32.6 Å². The lowest BCUT2D eigenvalue weighted by atomic mass is 10.2. The summed E-state index contributed by atoms with van der Waals surface area (Å²) in [4.78, 5) is 27.0. The number of hydrogen-bond donors (Lipinski definition) is 2. The molecule has 2 N–H and O–H groups in total. The van der Waals surface area contributed by atoms with E-state index in [1.54, 1.807) is 12.1 Å². The van der Waals surface area contributed by atoms with Crippen LogP contribution in [0.1, 0.15) is 25.0 Å². The molecule has 144 valence electrons. The van der Waals surface area contributed by atoms with Gasteiger partial charge in [-0.15, -0.1) is 0 Å². The average molecular weight is 381 g/mol. The molecule has 0 aliphatic carbocycles. The fourth-order valence-electron chi connectivity index (χ4n) is 2.20. The minimum absolute atomic E-state index is 0.0253. The number of alkyl halides is 3. The van der Waals surface area contributed by atoms with Crippen LogP contribution in [0.25, 0.3) is 0 Å². The van der Waals surface area contributed by atoms with Crippen molar-refractivity contribution < 1.29 is 27.5 Å². The molecule has 27 heavy (non-hydrogen) atoms. The van der Waals surface area contributed by atoms with Gasteiger partial charge in [-0.3, -0.25) is 9.59 Å². The number of carbonyl (C=O) groups is 2. The number of pyridine rings is 1. The lowest BCUT2D eigenvalue weighted by Crippen LogP contribution is -2.43. The SMILES string of the molecule is CC(=O)NC(C)C(=O)NCc1cccnc1Oc1cccc(C(F)(F)F)c1. The molecule has 1 aromatic heterocycles. The van der Waals surface area contributed by atoms with E-state index in [1.807, 2.05) is 0 Å². The van der Waals surface area contributed by atoms with Crippen LogP contribution in [0.15, 0.2) is 42.6 Å². The van der Waals surface area contributed by atoms with Gasteiger partial charge in [0.05, 0.1) is 5.56 Å². The van der Waals surface area contributed by atoms with E-state index in [9.17, 15) is 22.8 Å². The van der Waals surface area contributed by atoms with E-state index in [-0.39, 0.29) is 24.1 Å². The van der Waals surface area contributed by atoms with Crippen molar-refractivity contribution in [3.8, 4) is 11.6 Å². The van der Waals surface area contributed by atoms with Gasteiger partial charge in [-0.25, -0.2) is 4.98 Å². The molecule has 1 heterocycles. The number of halogens is 3. The molecule has 2 amide bonds. The molecule has 0 fully saturated rings. The zero-order chi connectivity index (χ0) is 20.0. The van der Waals surface area contributed by atoms with Crippen LogP contribution >= 0.6 is 0 Å². The number of amides is 2. The number of carbonyl (C=O) groups excluding carboxylic acids is 2. The van der Waals surface area contributed by atoms with Crippen LogP contribution in [-0.4, -0.2) is 22.8 Å². The molecule has 1 unspecified atom stereocenters. The molecule has 0 saturated carbocycles. The third-order valence-electron chi connectivity index (χ3n) is 3.49. The summed E-state index contributed by atoms with van der Waals surface area (Å²) in [5.74, 6) is -0.710. The first-order valence-corrected chi connectivity index (χ1v) is 8.00. The van der Waals surface area contributed by atoms with Crippen molar-refractivity contribution in [3.05, 3.63) is 53.7 Å². The van der Waals surface area contributed by atoms with Crippen molar-refractivity contribution in [3.63, 3.8) is 0 Å². The average Bonchev–Trinajstić information content (AvgIpc) is 2.59. The first kappa shape index (κ1) is 20.2. The van der Waals surface area contributed by atoms with Gasteiger partial charge < -0.3 is 15.4 Å². The Labute approximate surface area is 153 Å². The maximum absolute atomic E-state index is 12.8. The second kappa shape index (κ2) is 8.52. The predicted octanol–water partition coefficient (Wildman–Crippen LogP) is 3.03. The van der Waals surface area contributed by atoms with Crippen molar-refractivity contribution in [1.82, 2.24) is 15.6 Å². The molecule has 2 rings (SSSR count). The summed E-state index contributed by atoms with van der Waals surface area (Å²) in [5.41, 5.74) is -0.367. The third kappa shape index (κ3) is 5.98. The van der Waals surface area contributed by atoms with Crippen molar-refractivity contribution in [2.24, 2.45) is 0 Å². The summed E-state index contributed by atoms with van der Waals surface area (Å²) < 4.78 is 43.9. The number of nitrogens with zero attached hydrogens (tertiary/aromatic N) is 1. The molecule has 0 saturated heterocycles. The highest BCUT2D eigenvalue weighted by atomic mass is 19.4. The van der Waals surface area contributed by atoms with Crippen LogP contribution in [0.2, 0.25) is 0 Å². The molecule has 6 nitrogen and oxygen atoms in total. The molecule has 1 aromatic carbocycles. The molecule has 0 radical (unpaired) electrons. The summed E-state index contributed by atoms with van der Waals surface area (Å²) in [5, 5.41) is 5.06. The Morgan fingerprint density at radius 3 is 2.63 bits per heavy atom. The normalized spacial score (nSPS) is 12.2. The van der Waals surface area contributed by atoms with Crippen LogP contribution in [0.4, 0.5) is 13.2 Å². The second-order valence-corrected chi connectivity index (χ2v) is 5.74. The van der Waals surface area contributed by atoms with Gasteiger partial charge in [0.1, 0.15) is 11.8 Å². The van der Waals surface area contributed by atoms with E-state index in [0.29, 0.717) is 5.56 Å². The molecule has 9 heteroatoms. The van der Waals surface area contributed by atoms with Crippen LogP contribution in [0, 0.1) is 0 Å². The van der Waals surface area contributed by atoms with Crippen LogP contribution < -0.4 is 15.4 Å². The number of ether oxygens (including phenoxy) is 1. The number of nitrogens with one attached hydrogen (secondary N) is 2. The van der Waals surface area contributed by atoms with Crippen molar-refractivity contribution in [2.75, 3.05) is 0 Å². The fourth-order valence-corrected chi connectivity index (χ4v) is 2.20. The van der Waals surface area contributed by atoms with E-state index < -0.39 is 23.7 Å². The quantitative estimate of drug-likeness (QED) is 0.806. The van der Waals surface area contributed by atoms with E-state index >= 15 is 0 Å². The first-order valence-electron chi connectivity index (χ1n) is 8.00. The number of rotatable bonds is 6. The van der Waals surface area contributed by atoms with Crippen LogP contribution in [0.3, 0.4) is 0 Å². The highest BCUT2D eigenvalue weighted by Gasteiger charge is 2.30. The summed E-state index contributed by atoms with van der Waals surface area (Å²) in [6.45, 7) is 2.86. The first-order chi connectivity index (χ1) is 12.7. The fraction of sp³-hybridized carbons (Fsp3) is 0.278. The summed E-state index contributed by atoms with van der Waals surface area (Å²) in [6, 6.07) is 6.93. The summed E-state index contributed by atoms with van der Waals surface area (Å²) in [7, 11) is 0. The smallest absolute Gasteiger partial charge is 0.416 e. The highest BCUT2D eigenvalue weighted by Crippen LogP contribution is 2.32.